The normalized spacial score (nSPS) is 11.8. The van der Waals surface area contributed by atoms with Gasteiger partial charge in [-0.1, -0.05) is 13.8 Å². The third-order valence-electron chi connectivity index (χ3n) is 2.42. The monoisotopic (exact) mass is 368 g/mol. The number of carboxylic acid groups (broad SMARTS) is 1. The van der Waals surface area contributed by atoms with Crippen molar-refractivity contribution >= 4 is 49.2 Å². The van der Waals surface area contributed by atoms with Crippen LogP contribution in [0.2, 0.25) is 0 Å². The molecular weight excluding hydrogens is 356 g/mol. The lowest BCUT2D eigenvalue weighted by atomic mass is 9.84. The van der Waals surface area contributed by atoms with Gasteiger partial charge in [-0.05, 0) is 50.1 Å². The molecule has 2 nitrogen and oxygen atoms in total. The van der Waals surface area contributed by atoms with Crippen LogP contribution in [0.3, 0.4) is 0 Å². The number of aryl methyl sites for hydroxylation is 1. The van der Waals surface area contributed by atoms with Crippen molar-refractivity contribution in [3.05, 3.63) is 19.2 Å². The van der Waals surface area contributed by atoms with E-state index in [0.717, 1.165) is 21.8 Å². The summed E-state index contributed by atoms with van der Waals surface area (Å²) in [6.45, 7) is 4.00. The third-order valence-corrected chi connectivity index (χ3v) is 6.09. The number of halogens is 2. The first kappa shape index (κ1) is 14.2. The Labute approximate surface area is 116 Å². The van der Waals surface area contributed by atoms with Gasteiger partial charge in [-0.2, -0.15) is 0 Å². The van der Waals surface area contributed by atoms with E-state index in [1.54, 1.807) is 11.3 Å². The van der Waals surface area contributed by atoms with Gasteiger partial charge in [0.05, 0.1) is 6.42 Å². The average molecular weight is 370 g/mol. The maximum atomic E-state index is 10.7. The summed E-state index contributed by atoms with van der Waals surface area (Å²) < 4.78 is 2.17. The Bertz CT molecular complexity index is 385. The molecule has 0 amide bonds. The molecule has 0 aliphatic heterocycles. The maximum absolute atomic E-state index is 10.7. The number of hydrogen-bond donors (Lipinski definition) is 1. The van der Waals surface area contributed by atoms with Crippen molar-refractivity contribution in [3.63, 3.8) is 0 Å². The fraction of sp³-hybridized carbons (Fsp3) is 0.545. The summed E-state index contributed by atoms with van der Waals surface area (Å²) in [5, 5.41) is 10.8. The van der Waals surface area contributed by atoms with Crippen LogP contribution in [0.1, 0.15) is 31.6 Å². The summed E-state index contributed by atoms with van der Waals surface area (Å²) in [5.41, 5.74) is -0.151. The number of aliphatic carboxylic acids is 1. The molecule has 0 spiro atoms. The summed E-state index contributed by atoms with van der Waals surface area (Å²) >= 11 is 8.66. The number of hydrogen-bond acceptors (Lipinski definition) is 2. The van der Waals surface area contributed by atoms with E-state index >= 15 is 0 Å². The fourth-order valence-corrected chi connectivity index (χ4v) is 3.67. The number of carboxylic acids is 1. The van der Waals surface area contributed by atoms with Crippen LogP contribution in [0, 0.1) is 5.41 Å². The van der Waals surface area contributed by atoms with E-state index in [1.807, 2.05) is 19.2 Å². The molecule has 1 heterocycles. The summed E-state index contributed by atoms with van der Waals surface area (Å²) in [7, 11) is 0. The van der Waals surface area contributed by atoms with Crippen molar-refractivity contribution < 1.29 is 9.90 Å². The van der Waals surface area contributed by atoms with Gasteiger partial charge in [0.25, 0.3) is 0 Å². The van der Waals surface area contributed by atoms with Crippen LogP contribution < -0.4 is 0 Å². The lowest BCUT2D eigenvalue weighted by molar-refractivity contribution is -0.139. The number of rotatable bonds is 5. The molecule has 0 bridgehead atoms. The molecule has 1 aromatic heterocycles. The van der Waals surface area contributed by atoms with Crippen LogP contribution in [-0.2, 0) is 11.2 Å². The molecule has 16 heavy (non-hydrogen) atoms. The Hall–Kier alpha value is 0.130. The molecule has 0 saturated heterocycles. The van der Waals surface area contributed by atoms with Gasteiger partial charge >= 0.3 is 5.97 Å². The molecule has 0 unspecified atom stereocenters. The van der Waals surface area contributed by atoms with Gasteiger partial charge in [-0.3, -0.25) is 4.79 Å². The largest absolute Gasteiger partial charge is 0.481 e. The van der Waals surface area contributed by atoms with Gasteiger partial charge in [0.2, 0.25) is 0 Å². The number of thiophene rings is 1. The highest BCUT2D eigenvalue weighted by atomic mass is 79.9. The van der Waals surface area contributed by atoms with Crippen LogP contribution in [-0.4, -0.2) is 11.1 Å². The Balaban J connectivity index is 2.57. The van der Waals surface area contributed by atoms with E-state index in [9.17, 15) is 4.79 Å². The highest BCUT2D eigenvalue weighted by Crippen LogP contribution is 2.36. The molecule has 0 radical (unpaired) electrons. The molecule has 1 aromatic rings. The molecule has 0 atom stereocenters. The van der Waals surface area contributed by atoms with Gasteiger partial charge < -0.3 is 5.11 Å². The highest BCUT2D eigenvalue weighted by molar-refractivity contribution is 9.13. The van der Waals surface area contributed by atoms with Gasteiger partial charge in [0, 0.05) is 19.2 Å². The van der Waals surface area contributed by atoms with Gasteiger partial charge in [0.1, 0.15) is 0 Å². The molecule has 5 heteroatoms. The van der Waals surface area contributed by atoms with E-state index in [0.29, 0.717) is 0 Å². The Morgan fingerprint density at radius 3 is 2.56 bits per heavy atom. The van der Waals surface area contributed by atoms with E-state index in [-0.39, 0.29) is 11.8 Å². The summed E-state index contributed by atoms with van der Waals surface area (Å²) in [5.74, 6) is -0.726. The number of carbonyl (C=O) groups is 1. The van der Waals surface area contributed by atoms with Gasteiger partial charge in [-0.15, -0.1) is 11.3 Å². The van der Waals surface area contributed by atoms with Crippen LogP contribution in [0.15, 0.2) is 14.3 Å². The molecular formula is C11H14Br2O2S. The third kappa shape index (κ3) is 4.18. The standard InChI is InChI=1S/C11H14Br2O2S/c1-11(2,5-9(14)15)4-3-8-10(13)7(12)6-16-8/h6H,3-5H2,1-2H3,(H,14,15). The van der Waals surface area contributed by atoms with E-state index in [2.05, 4.69) is 31.9 Å². The van der Waals surface area contributed by atoms with Crippen molar-refractivity contribution in [1.29, 1.82) is 0 Å². The predicted molar refractivity (Wildman–Crippen MR) is 74.1 cm³/mol. The molecule has 0 aromatic carbocycles. The lowest BCUT2D eigenvalue weighted by Crippen LogP contribution is -2.17. The lowest BCUT2D eigenvalue weighted by Gasteiger charge is -2.21. The van der Waals surface area contributed by atoms with Crippen molar-refractivity contribution in [2.24, 2.45) is 5.41 Å². The van der Waals surface area contributed by atoms with E-state index < -0.39 is 5.97 Å². The predicted octanol–water partition coefficient (Wildman–Crippen LogP) is 4.71. The summed E-state index contributed by atoms with van der Waals surface area (Å²) in [6.07, 6.45) is 2.01. The van der Waals surface area contributed by atoms with E-state index in [4.69, 9.17) is 5.11 Å². The second-order valence-electron chi connectivity index (χ2n) is 4.56. The fourth-order valence-electron chi connectivity index (χ4n) is 1.48. The minimum atomic E-state index is -0.726. The molecule has 1 rings (SSSR count). The van der Waals surface area contributed by atoms with Crippen LogP contribution >= 0.6 is 43.2 Å². The summed E-state index contributed by atoms with van der Waals surface area (Å²) in [6, 6.07) is 0. The first-order valence-corrected chi connectivity index (χ1v) is 7.41. The SMILES string of the molecule is CC(C)(CCc1scc(Br)c1Br)CC(=O)O. The molecule has 0 saturated carbocycles. The maximum Gasteiger partial charge on any atom is 0.303 e. The van der Waals surface area contributed by atoms with Crippen molar-refractivity contribution in [2.75, 3.05) is 0 Å². The minimum Gasteiger partial charge on any atom is -0.481 e. The van der Waals surface area contributed by atoms with Gasteiger partial charge in [0.15, 0.2) is 0 Å². The zero-order chi connectivity index (χ0) is 12.3. The Morgan fingerprint density at radius 2 is 2.12 bits per heavy atom. The first-order valence-electron chi connectivity index (χ1n) is 4.95. The van der Waals surface area contributed by atoms with E-state index in [1.165, 1.54) is 4.88 Å². The topological polar surface area (TPSA) is 37.3 Å². The molecule has 1 N–H and O–H groups in total. The molecule has 0 fully saturated rings. The zero-order valence-corrected chi connectivity index (χ0v) is 13.2. The molecule has 0 aliphatic rings. The summed E-state index contributed by atoms with van der Waals surface area (Å²) in [4.78, 5) is 12.0. The van der Waals surface area contributed by atoms with Crippen LogP contribution in [0.4, 0.5) is 0 Å². The van der Waals surface area contributed by atoms with Crippen LogP contribution in [0.25, 0.3) is 0 Å². The highest BCUT2D eigenvalue weighted by Gasteiger charge is 2.22. The van der Waals surface area contributed by atoms with Gasteiger partial charge in [-0.25, -0.2) is 0 Å². The molecule has 90 valence electrons. The second kappa shape index (κ2) is 5.65. The Kier molecular flexibility index (Phi) is 5.01. The van der Waals surface area contributed by atoms with Crippen molar-refractivity contribution in [3.8, 4) is 0 Å². The minimum absolute atomic E-state index is 0.151. The first-order chi connectivity index (χ1) is 7.32. The quantitative estimate of drug-likeness (QED) is 0.816. The zero-order valence-electron chi connectivity index (χ0n) is 9.22. The smallest absolute Gasteiger partial charge is 0.303 e. The van der Waals surface area contributed by atoms with Crippen LogP contribution in [0.5, 0.6) is 0 Å². The van der Waals surface area contributed by atoms with Crippen molar-refractivity contribution in [2.45, 2.75) is 33.1 Å². The molecule has 0 aliphatic carbocycles. The van der Waals surface area contributed by atoms with Crippen molar-refractivity contribution in [1.82, 2.24) is 0 Å². The average Bonchev–Trinajstić information content (AvgIpc) is 2.43. The Morgan fingerprint density at radius 1 is 1.50 bits per heavy atom. The second-order valence-corrected chi connectivity index (χ2v) is 7.17.